The number of carbonyl (C=O) groups excluding carboxylic acids is 1. The molecule has 0 aliphatic carbocycles. The Bertz CT molecular complexity index is 2170. The maximum absolute atomic E-state index is 16.0. The Morgan fingerprint density at radius 2 is 1.72 bits per heavy atom. The molecular weight excluding hydrogens is 742 g/mol. The van der Waals surface area contributed by atoms with E-state index in [4.69, 9.17) is 24.7 Å². The van der Waals surface area contributed by atoms with Gasteiger partial charge in [-0.15, -0.1) is 0 Å². The van der Waals surface area contributed by atoms with Crippen LogP contribution in [0.3, 0.4) is 0 Å². The molecule has 0 bridgehead atoms. The minimum atomic E-state index is -2.32. The highest BCUT2D eigenvalue weighted by Gasteiger charge is 2.43. The molecule has 2 atom stereocenters. The second-order valence-corrected chi connectivity index (χ2v) is 22.2. The highest BCUT2D eigenvalue weighted by atomic mass is 28.4. The standard InChI is InChI=1S/C42H54FN9O4Si/c1-41(2,3)57(6,7)56-33-19-29(23-50(24-33)40(53)28(22-44)21-42(4,5)51-17-15-49(16-18-51)30-25-54-26-30)52-39-36(38(45)46-27-47-39)37(48-52)34-14-13-32(20-35(34)43)55-31-11-9-8-10-12-31/h8-14,20-21,27,29-30,33H,15-19,23-26H2,1-7H3,(H2,45,46,47)/b28-21+/t29-,33-/m1/s1. The number of hydrogen-bond donors (Lipinski definition) is 1. The molecule has 3 aliphatic heterocycles. The normalized spacial score (nSPS) is 20.7. The van der Waals surface area contributed by atoms with Gasteiger partial charge in [0.05, 0.1) is 36.8 Å². The number of likely N-dealkylation sites (tertiary alicyclic amines) is 1. The van der Waals surface area contributed by atoms with Crippen molar-refractivity contribution in [1.82, 2.24) is 34.4 Å². The van der Waals surface area contributed by atoms with Crippen molar-refractivity contribution < 1.29 is 23.1 Å². The number of aromatic nitrogens is 4. The van der Waals surface area contributed by atoms with Crippen LogP contribution >= 0.6 is 0 Å². The number of nitriles is 1. The van der Waals surface area contributed by atoms with Crippen LogP contribution in [0.4, 0.5) is 10.2 Å². The number of ether oxygens (including phenoxy) is 2. The van der Waals surface area contributed by atoms with Crippen LogP contribution in [-0.2, 0) is 14.0 Å². The Hall–Kier alpha value is -4.72. The van der Waals surface area contributed by atoms with E-state index >= 15 is 4.39 Å². The molecule has 13 nitrogen and oxygen atoms in total. The molecule has 0 saturated carbocycles. The van der Waals surface area contributed by atoms with Crippen molar-refractivity contribution in [2.24, 2.45) is 0 Å². The number of nitrogens with two attached hydrogens (primary N) is 1. The maximum Gasteiger partial charge on any atom is 0.264 e. The highest BCUT2D eigenvalue weighted by Crippen LogP contribution is 2.41. The summed E-state index contributed by atoms with van der Waals surface area (Å²) in [4.78, 5) is 29.9. The van der Waals surface area contributed by atoms with Crippen LogP contribution in [0.2, 0.25) is 18.1 Å². The summed E-state index contributed by atoms with van der Waals surface area (Å²) in [6, 6.07) is 16.0. The van der Waals surface area contributed by atoms with Crippen molar-refractivity contribution in [3.8, 4) is 28.8 Å². The van der Waals surface area contributed by atoms with Crippen molar-refractivity contribution in [3.05, 3.63) is 72.3 Å². The second-order valence-electron chi connectivity index (χ2n) is 17.4. The summed E-state index contributed by atoms with van der Waals surface area (Å²) in [5.74, 6) is 0.150. The van der Waals surface area contributed by atoms with Gasteiger partial charge in [-0.2, -0.15) is 10.4 Å². The molecule has 4 aromatic rings. The zero-order valence-corrected chi connectivity index (χ0v) is 35.0. The molecule has 0 spiro atoms. The summed E-state index contributed by atoms with van der Waals surface area (Å²) in [7, 11) is -2.32. The van der Waals surface area contributed by atoms with Crippen molar-refractivity contribution in [2.75, 3.05) is 58.2 Å². The Labute approximate surface area is 335 Å². The van der Waals surface area contributed by atoms with Gasteiger partial charge in [0.15, 0.2) is 14.0 Å². The number of nitrogen functional groups attached to an aromatic ring is 1. The van der Waals surface area contributed by atoms with Gasteiger partial charge in [0.25, 0.3) is 5.91 Å². The number of benzene rings is 2. The van der Waals surface area contributed by atoms with Crippen LogP contribution in [0, 0.1) is 17.1 Å². The zero-order chi connectivity index (χ0) is 40.7. The van der Waals surface area contributed by atoms with E-state index in [1.807, 2.05) is 24.3 Å². The first kappa shape index (κ1) is 40.5. The van der Waals surface area contributed by atoms with Gasteiger partial charge < -0.3 is 24.5 Å². The largest absolute Gasteiger partial charge is 0.457 e. The molecule has 15 heteroatoms. The van der Waals surface area contributed by atoms with Gasteiger partial charge >= 0.3 is 0 Å². The number of hydrogen-bond acceptors (Lipinski definition) is 11. The lowest BCUT2D eigenvalue weighted by molar-refractivity contribution is -0.130. The van der Waals surface area contributed by atoms with Crippen molar-refractivity contribution in [2.45, 2.75) is 82.9 Å². The van der Waals surface area contributed by atoms with Crippen LogP contribution < -0.4 is 10.5 Å². The second kappa shape index (κ2) is 15.9. The van der Waals surface area contributed by atoms with Gasteiger partial charge in [-0.1, -0.05) is 39.0 Å². The van der Waals surface area contributed by atoms with Crippen LogP contribution in [0.1, 0.15) is 47.1 Å². The van der Waals surface area contributed by atoms with Gasteiger partial charge in [-0.25, -0.2) is 19.0 Å². The Morgan fingerprint density at radius 3 is 2.35 bits per heavy atom. The minimum absolute atomic E-state index is 0.0824. The van der Waals surface area contributed by atoms with E-state index in [1.54, 1.807) is 33.8 Å². The molecule has 3 aliphatic rings. The first-order valence-electron chi connectivity index (χ1n) is 19.7. The van der Waals surface area contributed by atoms with Crippen LogP contribution in [0.15, 0.2) is 66.5 Å². The number of halogens is 1. The lowest BCUT2D eigenvalue weighted by atomic mass is 9.96. The molecule has 3 fully saturated rings. The quantitative estimate of drug-likeness (QED) is 0.108. The van der Waals surface area contributed by atoms with E-state index in [1.165, 1.54) is 12.4 Å². The molecule has 302 valence electrons. The molecule has 3 saturated heterocycles. The number of amides is 1. The Kier molecular flexibility index (Phi) is 11.3. The predicted molar refractivity (Wildman–Crippen MR) is 219 cm³/mol. The fourth-order valence-electron chi connectivity index (χ4n) is 7.72. The molecule has 57 heavy (non-hydrogen) atoms. The molecule has 0 radical (unpaired) electrons. The van der Waals surface area contributed by atoms with E-state index in [0.717, 1.165) is 39.4 Å². The molecule has 1 amide bonds. The van der Waals surface area contributed by atoms with E-state index in [2.05, 4.69) is 73.5 Å². The molecule has 7 rings (SSSR count). The van der Waals surface area contributed by atoms with Gasteiger partial charge in [-0.05, 0) is 68.7 Å². The van der Waals surface area contributed by atoms with E-state index < -0.39 is 25.7 Å². The van der Waals surface area contributed by atoms with Gasteiger partial charge in [0.2, 0.25) is 0 Å². The highest BCUT2D eigenvalue weighted by molar-refractivity contribution is 6.74. The summed E-state index contributed by atoms with van der Waals surface area (Å²) in [5, 5.41) is 15.8. The van der Waals surface area contributed by atoms with Crippen LogP contribution in [0.25, 0.3) is 22.3 Å². The topological polar surface area (TPSA) is 148 Å². The third-order valence-corrected chi connectivity index (χ3v) is 16.6. The zero-order valence-electron chi connectivity index (χ0n) is 34.0. The molecule has 2 aromatic carbocycles. The smallest absolute Gasteiger partial charge is 0.264 e. The van der Waals surface area contributed by atoms with Crippen LogP contribution in [0.5, 0.6) is 11.5 Å². The van der Waals surface area contributed by atoms with Gasteiger partial charge in [-0.3, -0.25) is 14.6 Å². The van der Waals surface area contributed by atoms with E-state index in [0.29, 0.717) is 41.5 Å². The number of anilines is 1. The molecular formula is C42H54FN9O4Si. The minimum Gasteiger partial charge on any atom is -0.457 e. The van der Waals surface area contributed by atoms with E-state index in [-0.39, 0.29) is 46.2 Å². The predicted octanol–water partition coefficient (Wildman–Crippen LogP) is 6.42. The molecule has 0 unspecified atom stereocenters. The number of piperidine rings is 1. The molecule has 5 heterocycles. The summed E-state index contributed by atoms with van der Waals surface area (Å²) in [5.41, 5.74) is 6.91. The Balaban J connectivity index is 1.21. The lowest BCUT2D eigenvalue weighted by Gasteiger charge is -2.47. The Morgan fingerprint density at radius 1 is 1.00 bits per heavy atom. The van der Waals surface area contributed by atoms with Crippen molar-refractivity contribution >= 4 is 31.1 Å². The summed E-state index contributed by atoms with van der Waals surface area (Å²) in [6.45, 7) is 20.6. The van der Waals surface area contributed by atoms with Gasteiger partial charge in [0.1, 0.15) is 46.8 Å². The molecule has 2 N–H and O–H groups in total. The summed E-state index contributed by atoms with van der Waals surface area (Å²) >= 11 is 0. The third kappa shape index (κ3) is 8.47. The number of rotatable bonds is 10. The maximum atomic E-state index is 16.0. The summed E-state index contributed by atoms with van der Waals surface area (Å²) in [6.07, 6.45) is 3.32. The van der Waals surface area contributed by atoms with Gasteiger partial charge in [0, 0.05) is 56.4 Å². The number of nitrogens with zero attached hydrogens (tertiary/aromatic N) is 8. The fourth-order valence-corrected chi connectivity index (χ4v) is 9.08. The first-order chi connectivity index (χ1) is 27.0. The first-order valence-corrected chi connectivity index (χ1v) is 22.6. The number of carbonyl (C=O) groups is 1. The number of piperazine rings is 1. The average Bonchev–Trinajstić information content (AvgIpc) is 3.53. The SMILES string of the molecule is CC(C)(/C=C(\C#N)C(=O)N1C[C@H](O[Si](C)(C)C(C)(C)C)C[C@@H](n2nc(-c3ccc(Oc4ccccc4)cc3F)c3c(N)ncnc32)C1)N1CCN(C2COC2)CC1. The van der Waals surface area contributed by atoms with E-state index in [9.17, 15) is 10.1 Å². The van der Waals surface area contributed by atoms with Crippen LogP contribution in [-0.4, -0.2) is 119 Å². The average molecular weight is 796 g/mol. The number of para-hydroxylation sites is 1. The summed E-state index contributed by atoms with van der Waals surface area (Å²) < 4.78 is 36.0. The third-order valence-electron chi connectivity index (χ3n) is 12.1. The lowest BCUT2D eigenvalue weighted by Crippen LogP contribution is -2.59. The van der Waals surface area contributed by atoms with Crippen molar-refractivity contribution in [1.29, 1.82) is 5.26 Å². The van der Waals surface area contributed by atoms with Crippen molar-refractivity contribution in [3.63, 3.8) is 0 Å². The number of fused-ring (bicyclic) bond motifs is 1. The monoisotopic (exact) mass is 795 g/mol. The fraction of sp³-hybridized carbons (Fsp3) is 0.500. The molecule has 2 aromatic heterocycles.